The van der Waals surface area contributed by atoms with Gasteiger partial charge in [0, 0.05) is 49.1 Å². The number of carbonyl (C=O) groups is 2. The second-order valence-corrected chi connectivity index (χ2v) is 9.01. The molecule has 2 amide bonds. The average Bonchev–Trinajstić information content (AvgIpc) is 3.24. The van der Waals surface area contributed by atoms with Crippen LogP contribution in [-0.4, -0.2) is 72.8 Å². The summed E-state index contributed by atoms with van der Waals surface area (Å²) in [6.07, 6.45) is 1.86. The SMILES string of the molecule is Cc1cc(C(=O)N2CCCC(COc3cccc(Cl)c3)(CC(=O)N3CCOCC3)C2)no1. The Labute approximate surface area is 192 Å². The van der Waals surface area contributed by atoms with Crippen molar-refractivity contribution in [1.82, 2.24) is 15.0 Å². The molecule has 2 aliphatic rings. The van der Waals surface area contributed by atoms with Crippen molar-refractivity contribution in [3.05, 3.63) is 46.8 Å². The Morgan fingerprint density at radius 1 is 1.19 bits per heavy atom. The molecular weight excluding hydrogens is 434 g/mol. The summed E-state index contributed by atoms with van der Waals surface area (Å²) in [5, 5.41) is 4.46. The Morgan fingerprint density at radius 3 is 2.72 bits per heavy atom. The zero-order chi connectivity index (χ0) is 22.6. The van der Waals surface area contributed by atoms with E-state index >= 15 is 0 Å². The van der Waals surface area contributed by atoms with Crippen LogP contribution >= 0.6 is 11.6 Å². The minimum atomic E-state index is -0.510. The van der Waals surface area contributed by atoms with Crippen molar-refractivity contribution < 1.29 is 23.6 Å². The van der Waals surface area contributed by atoms with E-state index in [1.54, 1.807) is 30.0 Å². The maximum absolute atomic E-state index is 13.1. The number of benzene rings is 1. The first-order valence-corrected chi connectivity index (χ1v) is 11.3. The zero-order valence-electron chi connectivity index (χ0n) is 18.2. The normalized spacial score (nSPS) is 21.4. The third-order valence-electron chi connectivity index (χ3n) is 6.03. The molecule has 2 aliphatic heterocycles. The summed E-state index contributed by atoms with van der Waals surface area (Å²) in [7, 11) is 0. The van der Waals surface area contributed by atoms with E-state index in [0.717, 1.165) is 12.8 Å². The number of ether oxygens (including phenoxy) is 2. The first kappa shape index (κ1) is 22.6. The molecule has 0 N–H and O–H groups in total. The second kappa shape index (κ2) is 9.92. The number of hydrogen-bond donors (Lipinski definition) is 0. The highest BCUT2D eigenvalue weighted by molar-refractivity contribution is 6.30. The Kier molecular flexibility index (Phi) is 7.01. The summed E-state index contributed by atoms with van der Waals surface area (Å²) in [6.45, 7) is 5.36. The molecule has 8 nitrogen and oxygen atoms in total. The van der Waals surface area contributed by atoms with Crippen LogP contribution in [0.15, 0.2) is 34.9 Å². The van der Waals surface area contributed by atoms with E-state index in [4.69, 9.17) is 25.6 Å². The van der Waals surface area contributed by atoms with E-state index in [1.165, 1.54) is 0 Å². The first-order chi connectivity index (χ1) is 15.4. The summed E-state index contributed by atoms with van der Waals surface area (Å²) >= 11 is 6.10. The molecule has 4 rings (SSSR count). The summed E-state index contributed by atoms with van der Waals surface area (Å²) < 4.78 is 16.6. The van der Waals surface area contributed by atoms with E-state index in [2.05, 4.69) is 5.16 Å². The van der Waals surface area contributed by atoms with E-state index in [1.807, 2.05) is 17.0 Å². The predicted molar refractivity (Wildman–Crippen MR) is 118 cm³/mol. The number of aryl methyl sites for hydroxylation is 1. The molecule has 1 unspecified atom stereocenters. The Bertz CT molecular complexity index is 959. The summed E-state index contributed by atoms with van der Waals surface area (Å²) in [5.41, 5.74) is -0.224. The van der Waals surface area contributed by atoms with Crippen LogP contribution < -0.4 is 4.74 Å². The number of morpholine rings is 1. The van der Waals surface area contributed by atoms with Gasteiger partial charge in [-0.15, -0.1) is 0 Å². The van der Waals surface area contributed by atoms with Crippen LogP contribution in [-0.2, 0) is 9.53 Å². The van der Waals surface area contributed by atoms with Crippen LogP contribution in [0.1, 0.15) is 35.5 Å². The van der Waals surface area contributed by atoms with Crippen LogP contribution in [0.5, 0.6) is 5.75 Å². The van der Waals surface area contributed by atoms with Gasteiger partial charge in [-0.25, -0.2) is 0 Å². The average molecular weight is 462 g/mol. The minimum absolute atomic E-state index is 0.0644. The Morgan fingerprint density at radius 2 is 2.00 bits per heavy atom. The number of halogens is 1. The molecule has 0 spiro atoms. The van der Waals surface area contributed by atoms with Gasteiger partial charge in [0.15, 0.2) is 5.69 Å². The maximum Gasteiger partial charge on any atom is 0.276 e. The highest BCUT2D eigenvalue weighted by Gasteiger charge is 2.41. The molecule has 1 atom stereocenters. The van der Waals surface area contributed by atoms with Crippen molar-refractivity contribution in [1.29, 1.82) is 0 Å². The third kappa shape index (κ3) is 5.42. The van der Waals surface area contributed by atoms with Gasteiger partial charge in [0.25, 0.3) is 5.91 Å². The van der Waals surface area contributed by atoms with Crippen molar-refractivity contribution in [3.8, 4) is 5.75 Å². The van der Waals surface area contributed by atoms with Gasteiger partial charge < -0.3 is 23.8 Å². The van der Waals surface area contributed by atoms with Crippen LogP contribution in [0.3, 0.4) is 0 Å². The van der Waals surface area contributed by atoms with Crippen molar-refractivity contribution in [3.63, 3.8) is 0 Å². The molecule has 0 radical (unpaired) electrons. The molecule has 0 saturated carbocycles. The molecule has 0 bridgehead atoms. The molecule has 1 aromatic carbocycles. The number of hydrogen-bond acceptors (Lipinski definition) is 6. The van der Waals surface area contributed by atoms with Crippen LogP contribution in [0.25, 0.3) is 0 Å². The van der Waals surface area contributed by atoms with Gasteiger partial charge in [-0.1, -0.05) is 22.8 Å². The molecule has 9 heteroatoms. The smallest absolute Gasteiger partial charge is 0.276 e. The number of carbonyl (C=O) groups excluding carboxylic acids is 2. The summed E-state index contributed by atoms with van der Waals surface area (Å²) in [6, 6.07) is 8.84. The molecule has 2 saturated heterocycles. The topological polar surface area (TPSA) is 85.1 Å². The zero-order valence-corrected chi connectivity index (χ0v) is 19.0. The molecule has 1 aromatic heterocycles. The standard InChI is InChI=1S/C23H28ClN3O5/c1-17-12-20(25-32-17)22(29)27-7-3-6-23(15-27,14-21(28)26-8-10-30-11-9-26)16-31-19-5-2-4-18(24)13-19/h2,4-5,12-13H,3,6-11,14-16H2,1H3. The number of rotatable bonds is 6. The number of likely N-dealkylation sites (tertiary alicyclic amines) is 1. The van der Waals surface area contributed by atoms with Crippen LogP contribution in [0.4, 0.5) is 0 Å². The molecular formula is C23H28ClN3O5. The summed E-state index contributed by atoms with van der Waals surface area (Å²) in [5.74, 6) is 1.11. The number of nitrogens with zero attached hydrogens (tertiary/aromatic N) is 3. The quantitative estimate of drug-likeness (QED) is 0.656. The van der Waals surface area contributed by atoms with Gasteiger partial charge in [0.1, 0.15) is 11.5 Å². The van der Waals surface area contributed by atoms with Gasteiger partial charge in [-0.3, -0.25) is 9.59 Å². The van der Waals surface area contributed by atoms with Gasteiger partial charge in [-0.05, 0) is 38.0 Å². The van der Waals surface area contributed by atoms with E-state index in [9.17, 15) is 9.59 Å². The van der Waals surface area contributed by atoms with E-state index < -0.39 is 5.41 Å². The molecule has 32 heavy (non-hydrogen) atoms. The van der Waals surface area contributed by atoms with Gasteiger partial charge in [-0.2, -0.15) is 0 Å². The fraction of sp³-hybridized carbons (Fsp3) is 0.522. The van der Waals surface area contributed by atoms with Crippen molar-refractivity contribution in [2.75, 3.05) is 46.0 Å². The first-order valence-electron chi connectivity index (χ1n) is 10.9. The lowest BCUT2D eigenvalue weighted by Gasteiger charge is -2.43. The fourth-order valence-electron chi connectivity index (χ4n) is 4.36. The molecule has 172 valence electrons. The highest BCUT2D eigenvalue weighted by Crippen LogP contribution is 2.36. The lowest BCUT2D eigenvalue weighted by atomic mass is 9.77. The van der Waals surface area contributed by atoms with Crippen molar-refractivity contribution in [2.45, 2.75) is 26.2 Å². The van der Waals surface area contributed by atoms with Gasteiger partial charge >= 0.3 is 0 Å². The minimum Gasteiger partial charge on any atom is -0.493 e. The second-order valence-electron chi connectivity index (χ2n) is 8.57. The Hall–Kier alpha value is -2.58. The predicted octanol–water partition coefficient (Wildman–Crippen LogP) is 3.19. The van der Waals surface area contributed by atoms with E-state index in [-0.39, 0.29) is 17.5 Å². The van der Waals surface area contributed by atoms with E-state index in [0.29, 0.717) is 69.0 Å². The van der Waals surface area contributed by atoms with Crippen LogP contribution in [0.2, 0.25) is 5.02 Å². The maximum atomic E-state index is 13.1. The third-order valence-corrected chi connectivity index (χ3v) is 6.26. The molecule has 0 aliphatic carbocycles. The lowest BCUT2D eigenvalue weighted by Crippen LogP contribution is -2.52. The van der Waals surface area contributed by atoms with Gasteiger partial charge in [0.05, 0.1) is 19.8 Å². The number of aromatic nitrogens is 1. The molecule has 2 aromatic rings. The van der Waals surface area contributed by atoms with Crippen LogP contribution in [0, 0.1) is 12.3 Å². The fourth-order valence-corrected chi connectivity index (χ4v) is 4.54. The van der Waals surface area contributed by atoms with Crippen molar-refractivity contribution >= 4 is 23.4 Å². The largest absolute Gasteiger partial charge is 0.493 e. The Balaban J connectivity index is 1.52. The lowest BCUT2D eigenvalue weighted by molar-refractivity contribution is -0.139. The molecule has 2 fully saturated rings. The van der Waals surface area contributed by atoms with Crippen molar-refractivity contribution in [2.24, 2.45) is 5.41 Å². The number of piperidine rings is 1. The monoisotopic (exact) mass is 461 g/mol. The highest BCUT2D eigenvalue weighted by atomic mass is 35.5. The number of amides is 2. The van der Waals surface area contributed by atoms with Gasteiger partial charge in [0.2, 0.25) is 5.91 Å². The molecule has 3 heterocycles. The summed E-state index contributed by atoms with van der Waals surface area (Å²) in [4.78, 5) is 29.8.